The zero-order valence-electron chi connectivity index (χ0n) is 13.2. The minimum atomic E-state index is 1.01. The first-order valence-corrected chi connectivity index (χ1v) is 7.79. The molecule has 3 aromatic rings. The van der Waals surface area contributed by atoms with E-state index < -0.39 is 0 Å². The topological polar surface area (TPSA) is 16.8 Å². The second kappa shape index (κ2) is 6.52. The molecule has 3 rings (SSSR count). The summed E-state index contributed by atoms with van der Waals surface area (Å²) in [7, 11) is 2.06. The lowest BCUT2D eigenvalue weighted by Gasteiger charge is -2.09. The molecule has 22 heavy (non-hydrogen) atoms. The second-order valence-corrected chi connectivity index (χ2v) is 5.54. The Balaban J connectivity index is 2.12. The molecule has 2 heteroatoms. The van der Waals surface area contributed by atoms with E-state index in [9.17, 15) is 0 Å². The van der Waals surface area contributed by atoms with Crippen molar-refractivity contribution in [2.75, 3.05) is 0 Å². The van der Waals surface area contributed by atoms with Crippen molar-refractivity contribution in [3.63, 3.8) is 0 Å². The highest BCUT2D eigenvalue weighted by Crippen LogP contribution is 2.25. The van der Waals surface area contributed by atoms with Crippen molar-refractivity contribution in [1.29, 1.82) is 0 Å². The fourth-order valence-corrected chi connectivity index (χ4v) is 2.77. The molecule has 0 fully saturated rings. The Kier molecular flexibility index (Phi) is 4.29. The average Bonchev–Trinajstić information content (AvgIpc) is 2.57. The SMILES string of the molecule is CCCc1ccccc1-c1cc(-c2ccccc2)nc[n+]1C. The molecule has 0 N–H and O–H groups in total. The number of rotatable bonds is 4. The first-order chi connectivity index (χ1) is 10.8. The minimum Gasteiger partial charge on any atom is -0.232 e. The van der Waals surface area contributed by atoms with Crippen molar-refractivity contribution in [3.8, 4) is 22.5 Å². The van der Waals surface area contributed by atoms with E-state index in [0.29, 0.717) is 0 Å². The third-order valence-electron chi connectivity index (χ3n) is 3.91. The molecule has 0 aliphatic rings. The molecule has 0 aliphatic heterocycles. The van der Waals surface area contributed by atoms with Gasteiger partial charge in [0.25, 0.3) is 6.33 Å². The van der Waals surface area contributed by atoms with E-state index in [4.69, 9.17) is 0 Å². The zero-order valence-corrected chi connectivity index (χ0v) is 13.2. The lowest BCUT2D eigenvalue weighted by atomic mass is 9.99. The fourth-order valence-electron chi connectivity index (χ4n) is 2.77. The Morgan fingerprint density at radius 2 is 1.68 bits per heavy atom. The van der Waals surface area contributed by atoms with Gasteiger partial charge < -0.3 is 0 Å². The number of hydrogen-bond donors (Lipinski definition) is 0. The Hall–Kier alpha value is -2.48. The summed E-state index contributed by atoms with van der Waals surface area (Å²) in [5, 5.41) is 0. The van der Waals surface area contributed by atoms with E-state index in [1.165, 1.54) is 16.8 Å². The number of aromatic nitrogens is 2. The van der Waals surface area contributed by atoms with Crippen LogP contribution in [0.1, 0.15) is 18.9 Å². The number of aryl methyl sites for hydroxylation is 2. The summed E-state index contributed by atoms with van der Waals surface area (Å²) in [6.07, 6.45) is 4.15. The molecule has 1 aromatic heterocycles. The first kappa shape index (κ1) is 14.5. The maximum absolute atomic E-state index is 4.57. The summed E-state index contributed by atoms with van der Waals surface area (Å²) >= 11 is 0. The maximum atomic E-state index is 4.57. The van der Waals surface area contributed by atoms with Crippen molar-refractivity contribution in [2.45, 2.75) is 19.8 Å². The van der Waals surface area contributed by atoms with Gasteiger partial charge in [0.2, 0.25) is 0 Å². The van der Waals surface area contributed by atoms with E-state index in [0.717, 1.165) is 24.1 Å². The quantitative estimate of drug-likeness (QED) is 0.658. The second-order valence-electron chi connectivity index (χ2n) is 5.54. The van der Waals surface area contributed by atoms with Crippen LogP contribution in [0, 0.1) is 0 Å². The van der Waals surface area contributed by atoms with Gasteiger partial charge in [-0.2, -0.15) is 0 Å². The van der Waals surface area contributed by atoms with E-state index in [1.54, 1.807) is 0 Å². The predicted octanol–water partition coefficient (Wildman–Crippen LogP) is 4.19. The molecule has 0 radical (unpaired) electrons. The van der Waals surface area contributed by atoms with Gasteiger partial charge in [-0.25, -0.2) is 4.57 Å². The van der Waals surface area contributed by atoms with Crippen LogP contribution < -0.4 is 4.57 Å². The van der Waals surface area contributed by atoms with Gasteiger partial charge in [-0.15, -0.1) is 0 Å². The predicted molar refractivity (Wildman–Crippen MR) is 90.3 cm³/mol. The molecule has 0 bridgehead atoms. The van der Waals surface area contributed by atoms with Crippen molar-refractivity contribution in [1.82, 2.24) is 4.98 Å². The molecule has 0 saturated heterocycles. The Labute approximate surface area is 132 Å². The molecule has 110 valence electrons. The molecule has 0 atom stereocenters. The van der Waals surface area contributed by atoms with E-state index in [1.807, 2.05) is 12.4 Å². The van der Waals surface area contributed by atoms with Crippen LogP contribution in [0.3, 0.4) is 0 Å². The summed E-state index contributed by atoms with van der Waals surface area (Å²) < 4.78 is 2.10. The van der Waals surface area contributed by atoms with Crippen LogP contribution >= 0.6 is 0 Å². The molecule has 2 nitrogen and oxygen atoms in total. The average molecular weight is 289 g/mol. The molecular formula is C20H21N2+. The number of benzene rings is 2. The third kappa shape index (κ3) is 2.91. The Bertz CT molecular complexity index is 764. The van der Waals surface area contributed by atoms with Crippen LogP contribution in [-0.4, -0.2) is 4.98 Å². The summed E-state index contributed by atoms with van der Waals surface area (Å²) in [4.78, 5) is 4.57. The Morgan fingerprint density at radius 3 is 2.45 bits per heavy atom. The van der Waals surface area contributed by atoms with Gasteiger partial charge in [-0.3, -0.25) is 0 Å². The van der Waals surface area contributed by atoms with Gasteiger partial charge in [-0.05, 0) is 17.0 Å². The molecule has 1 heterocycles. The highest BCUT2D eigenvalue weighted by atomic mass is 15.0. The van der Waals surface area contributed by atoms with E-state index in [-0.39, 0.29) is 0 Å². The van der Waals surface area contributed by atoms with Crippen molar-refractivity contribution in [2.24, 2.45) is 7.05 Å². The summed E-state index contributed by atoms with van der Waals surface area (Å²) in [6, 6.07) is 21.2. The zero-order chi connectivity index (χ0) is 15.4. The third-order valence-corrected chi connectivity index (χ3v) is 3.91. The van der Waals surface area contributed by atoms with Crippen LogP contribution in [0.5, 0.6) is 0 Å². The lowest BCUT2D eigenvalue weighted by Crippen LogP contribution is -2.31. The van der Waals surface area contributed by atoms with Crippen molar-refractivity contribution < 1.29 is 4.57 Å². The molecule has 0 amide bonds. The van der Waals surface area contributed by atoms with Gasteiger partial charge in [-0.1, -0.05) is 67.9 Å². The maximum Gasteiger partial charge on any atom is 0.287 e. The van der Waals surface area contributed by atoms with Crippen LogP contribution in [0.25, 0.3) is 22.5 Å². The van der Waals surface area contributed by atoms with Gasteiger partial charge in [0.1, 0.15) is 5.69 Å². The molecule has 2 aromatic carbocycles. The molecule has 0 saturated carbocycles. The Morgan fingerprint density at radius 1 is 0.955 bits per heavy atom. The van der Waals surface area contributed by atoms with Gasteiger partial charge in [0, 0.05) is 17.2 Å². The summed E-state index contributed by atoms with van der Waals surface area (Å²) in [5.41, 5.74) is 6.06. The smallest absolute Gasteiger partial charge is 0.232 e. The monoisotopic (exact) mass is 289 g/mol. The van der Waals surface area contributed by atoms with Crippen LogP contribution in [0.4, 0.5) is 0 Å². The van der Waals surface area contributed by atoms with Crippen LogP contribution in [-0.2, 0) is 13.5 Å². The largest absolute Gasteiger partial charge is 0.287 e. The van der Waals surface area contributed by atoms with Gasteiger partial charge >= 0.3 is 0 Å². The van der Waals surface area contributed by atoms with Gasteiger partial charge in [0.15, 0.2) is 5.69 Å². The normalized spacial score (nSPS) is 10.6. The van der Waals surface area contributed by atoms with Crippen LogP contribution in [0.2, 0.25) is 0 Å². The molecule has 0 spiro atoms. The standard InChI is InChI=1S/C20H21N2/c1-3-9-16-10-7-8-13-18(16)20-14-19(21-15-22(20)2)17-11-5-4-6-12-17/h4-8,10-15H,3,9H2,1-2H3/q+1. The molecular weight excluding hydrogens is 268 g/mol. The fraction of sp³-hybridized carbons (Fsp3) is 0.200. The van der Waals surface area contributed by atoms with Gasteiger partial charge in [0.05, 0.1) is 7.05 Å². The first-order valence-electron chi connectivity index (χ1n) is 7.79. The number of nitrogens with zero attached hydrogens (tertiary/aromatic N) is 2. The minimum absolute atomic E-state index is 1.01. The summed E-state index contributed by atoms with van der Waals surface area (Å²) in [5.74, 6) is 0. The highest BCUT2D eigenvalue weighted by Gasteiger charge is 2.15. The van der Waals surface area contributed by atoms with Crippen LogP contribution in [0.15, 0.2) is 67.0 Å². The van der Waals surface area contributed by atoms with Crippen molar-refractivity contribution >= 4 is 0 Å². The lowest BCUT2D eigenvalue weighted by molar-refractivity contribution is -0.663. The number of hydrogen-bond acceptors (Lipinski definition) is 1. The van der Waals surface area contributed by atoms with Crippen molar-refractivity contribution in [3.05, 3.63) is 72.6 Å². The van der Waals surface area contributed by atoms with E-state index in [2.05, 4.69) is 78.1 Å². The van der Waals surface area contributed by atoms with E-state index >= 15 is 0 Å². The highest BCUT2D eigenvalue weighted by molar-refractivity contribution is 5.67. The molecule has 0 unspecified atom stereocenters. The summed E-state index contributed by atoms with van der Waals surface area (Å²) in [6.45, 7) is 2.22. The molecule has 0 aliphatic carbocycles.